The van der Waals surface area contributed by atoms with Crippen LogP contribution in [0.25, 0.3) is 0 Å². The first-order chi connectivity index (χ1) is 6.20. The Bertz CT molecular complexity index is 189. The molecule has 0 amide bonds. The van der Waals surface area contributed by atoms with Gasteiger partial charge < -0.3 is 10.5 Å². The molecule has 76 valence electrons. The minimum atomic E-state index is 0.293. The van der Waals surface area contributed by atoms with E-state index in [2.05, 4.69) is 13.8 Å². The van der Waals surface area contributed by atoms with Crippen molar-refractivity contribution in [3.05, 3.63) is 0 Å². The van der Waals surface area contributed by atoms with Crippen LogP contribution in [0.1, 0.15) is 33.1 Å². The van der Waals surface area contributed by atoms with Crippen LogP contribution in [0.15, 0.2) is 0 Å². The molecule has 0 aromatic rings. The van der Waals surface area contributed by atoms with Crippen molar-refractivity contribution in [1.82, 2.24) is 0 Å². The fourth-order valence-electron chi connectivity index (χ4n) is 2.76. The van der Waals surface area contributed by atoms with E-state index in [9.17, 15) is 0 Å². The number of hydrogen-bond donors (Lipinski definition) is 1. The maximum Gasteiger partial charge on any atom is 0.0674 e. The molecule has 2 fully saturated rings. The molecule has 0 bridgehead atoms. The van der Waals surface area contributed by atoms with Crippen LogP contribution in [0.5, 0.6) is 0 Å². The molecule has 2 heteroatoms. The van der Waals surface area contributed by atoms with E-state index in [0.717, 1.165) is 19.1 Å². The number of rotatable bonds is 3. The fraction of sp³-hybridized carbons (Fsp3) is 1.00. The van der Waals surface area contributed by atoms with Crippen molar-refractivity contribution < 1.29 is 4.74 Å². The Morgan fingerprint density at radius 2 is 2.15 bits per heavy atom. The van der Waals surface area contributed by atoms with Gasteiger partial charge in [-0.05, 0) is 31.1 Å². The molecule has 0 radical (unpaired) electrons. The third kappa shape index (κ3) is 1.40. The Morgan fingerprint density at radius 3 is 2.62 bits per heavy atom. The smallest absolute Gasteiger partial charge is 0.0674 e. The molecule has 2 atom stereocenters. The van der Waals surface area contributed by atoms with E-state index in [1.807, 2.05) is 0 Å². The lowest BCUT2D eigenvalue weighted by atomic mass is 9.70. The molecule has 2 N–H and O–H groups in total. The summed E-state index contributed by atoms with van der Waals surface area (Å²) in [6.45, 7) is 6.30. The predicted molar refractivity (Wildman–Crippen MR) is 53.4 cm³/mol. The molecule has 2 unspecified atom stereocenters. The Morgan fingerprint density at radius 1 is 1.46 bits per heavy atom. The normalized spacial score (nSPS) is 40.2. The molecule has 1 heterocycles. The Kier molecular flexibility index (Phi) is 2.37. The topological polar surface area (TPSA) is 35.2 Å². The van der Waals surface area contributed by atoms with Crippen molar-refractivity contribution in [3.63, 3.8) is 0 Å². The maximum absolute atomic E-state index is 5.95. The van der Waals surface area contributed by atoms with Gasteiger partial charge in [0.25, 0.3) is 0 Å². The van der Waals surface area contributed by atoms with Crippen LogP contribution in [-0.4, -0.2) is 19.3 Å². The molecule has 2 nitrogen and oxygen atoms in total. The summed E-state index contributed by atoms with van der Waals surface area (Å²) >= 11 is 0. The molecule has 1 saturated carbocycles. The van der Waals surface area contributed by atoms with Crippen molar-refractivity contribution in [2.24, 2.45) is 23.0 Å². The van der Waals surface area contributed by atoms with E-state index in [4.69, 9.17) is 10.5 Å². The third-order valence-electron chi connectivity index (χ3n) is 4.01. The van der Waals surface area contributed by atoms with E-state index >= 15 is 0 Å². The summed E-state index contributed by atoms with van der Waals surface area (Å²) in [4.78, 5) is 0. The molecule has 0 aromatic carbocycles. The van der Waals surface area contributed by atoms with Gasteiger partial charge in [0.2, 0.25) is 0 Å². The molecule has 13 heavy (non-hydrogen) atoms. The highest BCUT2D eigenvalue weighted by molar-refractivity contribution is 5.01. The maximum atomic E-state index is 5.95. The molecule has 2 rings (SSSR count). The minimum Gasteiger partial charge on any atom is -0.377 e. The van der Waals surface area contributed by atoms with Gasteiger partial charge in [-0.1, -0.05) is 13.8 Å². The first-order valence-corrected chi connectivity index (χ1v) is 5.52. The molecule has 0 aromatic heterocycles. The summed E-state index contributed by atoms with van der Waals surface area (Å²) in [5, 5.41) is 0. The second kappa shape index (κ2) is 3.25. The average Bonchev–Trinajstić information content (AvgIpc) is 2.85. The van der Waals surface area contributed by atoms with Gasteiger partial charge in [0.15, 0.2) is 0 Å². The van der Waals surface area contributed by atoms with Crippen molar-refractivity contribution in [2.45, 2.75) is 39.2 Å². The van der Waals surface area contributed by atoms with Crippen molar-refractivity contribution in [3.8, 4) is 0 Å². The van der Waals surface area contributed by atoms with Crippen molar-refractivity contribution >= 4 is 0 Å². The minimum absolute atomic E-state index is 0.293. The standard InChI is InChI=1S/C11H21NO/c1-8(2)11(7-12)5-6-13-10(11)9-3-4-9/h8-10H,3-7,12H2,1-2H3. The lowest BCUT2D eigenvalue weighted by Gasteiger charge is -2.37. The van der Waals surface area contributed by atoms with Crippen LogP contribution in [0, 0.1) is 17.3 Å². The zero-order valence-electron chi connectivity index (χ0n) is 8.75. The van der Waals surface area contributed by atoms with E-state index < -0.39 is 0 Å². The van der Waals surface area contributed by atoms with Crippen molar-refractivity contribution in [2.75, 3.05) is 13.2 Å². The number of hydrogen-bond acceptors (Lipinski definition) is 2. The summed E-state index contributed by atoms with van der Waals surface area (Å²) in [7, 11) is 0. The highest BCUT2D eigenvalue weighted by Gasteiger charge is 2.51. The summed E-state index contributed by atoms with van der Waals surface area (Å²) in [5.41, 5.74) is 6.24. The second-order valence-electron chi connectivity index (χ2n) is 4.97. The van der Waals surface area contributed by atoms with E-state index in [1.54, 1.807) is 0 Å². The van der Waals surface area contributed by atoms with Gasteiger partial charge in [0, 0.05) is 18.6 Å². The molecular weight excluding hydrogens is 162 g/mol. The zero-order valence-corrected chi connectivity index (χ0v) is 8.75. The van der Waals surface area contributed by atoms with Gasteiger partial charge in [-0.15, -0.1) is 0 Å². The third-order valence-corrected chi connectivity index (χ3v) is 4.01. The Balaban J connectivity index is 2.15. The van der Waals surface area contributed by atoms with Gasteiger partial charge in [-0.3, -0.25) is 0 Å². The van der Waals surface area contributed by atoms with E-state index in [-0.39, 0.29) is 0 Å². The van der Waals surface area contributed by atoms with Crippen LogP contribution in [0.4, 0.5) is 0 Å². The second-order valence-corrected chi connectivity index (χ2v) is 4.97. The van der Waals surface area contributed by atoms with Gasteiger partial charge in [-0.2, -0.15) is 0 Å². The summed E-state index contributed by atoms with van der Waals surface area (Å²) in [6, 6.07) is 0. The number of nitrogens with two attached hydrogens (primary N) is 1. The summed E-state index contributed by atoms with van der Waals surface area (Å²) < 4.78 is 5.87. The van der Waals surface area contributed by atoms with Gasteiger partial charge in [0.05, 0.1) is 6.10 Å². The van der Waals surface area contributed by atoms with E-state index in [1.165, 1.54) is 19.3 Å². The van der Waals surface area contributed by atoms with Crippen LogP contribution < -0.4 is 5.73 Å². The zero-order chi connectivity index (χ0) is 9.47. The highest BCUT2D eigenvalue weighted by atomic mass is 16.5. The lowest BCUT2D eigenvalue weighted by Crippen LogP contribution is -2.43. The molecule has 1 saturated heterocycles. The van der Waals surface area contributed by atoms with Crippen LogP contribution in [-0.2, 0) is 4.74 Å². The highest BCUT2D eigenvalue weighted by Crippen LogP contribution is 2.50. The molecule has 2 aliphatic rings. The first-order valence-electron chi connectivity index (χ1n) is 5.52. The van der Waals surface area contributed by atoms with Gasteiger partial charge >= 0.3 is 0 Å². The summed E-state index contributed by atoms with van der Waals surface area (Å²) in [6.07, 6.45) is 4.36. The van der Waals surface area contributed by atoms with Gasteiger partial charge in [0.1, 0.15) is 0 Å². The summed E-state index contributed by atoms with van der Waals surface area (Å²) in [5.74, 6) is 1.49. The Hall–Kier alpha value is -0.0800. The average molecular weight is 183 g/mol. The van der Waals surface area contributed by atoms with Crippen LogP contribution in [0.3, 0.4) is 0 Å². The molecule has 1 aliphatic heterocycles. The number of ether oxygens (including phenoxy) is 1. The quantitative estimate of drug-likeness (QED) is 0.724. The monoisotopic (exact) mass is 183 g/mol. The van der Waals surface area contributed by atoms with Crippen molar-refractivity contribution in [1.29, 1.82) is 0 Å². The fourth-order valence-corrected chi connectivity index (χ4v) is 2.76. The molecule has 0 spiro atoms. The van der Waals surface area contributed by atoms with Gasteiger partial charge in [-0.25, -0.2) is 0 Å². The van der Waals surface area contributed by atoms with E-state index in [0.29, 0.717) is 17.4 Å². The first kappa shape index (κ1) is 9.47. The largest absolute Gasteiger partial charge is 0.377 e. The Labute approximate surface area is 80.8 Å². The SMILES string of the molecule is CC(C)C1(CN)CCOC1C1CC1. The van der Waals surface area contributed by atoms with Crippen LogP contribution in [0.2, 0.25) is 0 Å². The predicted octanol–water partition coefficient (Wildman–Crippen LogP) is 1.79. The molecular formula is C11H21NO. The lowest BCUT2D eigenvalue weighted by molar-refractivity contribution is 0.0122. The van der Waals surface area contributed by atoms with Crippen LogP contribution >= 0.6 is 0 Å². The molecule has 1 aliphatic carbocycles.